The maximum atomic E-state index is 3.97. The van der Waals surface area contributed by atoms with E-state index in [9.17, 15) is 0 Å². The highest BCUT2D eigenvalue weighted by molar-refractivity contribution is 9.09. The van der Waals surface area contributed by atoms with Gasteiger partial charge in [-0.25, -0.2) is 0 Å². The Morgan fingerprint density at radius 2 is 2.20 bits per heavy atom. The maximum absolute atomic E-state index is 3.97. The van der Waals surface area contributed by atoms with E-state index in [1.807, 2.05) is 0 Å². The van der Waals surface area contributed by atoms with Crippen LogP contribution in [0.4, 0.5) is 0 Å². The third-order valence-electron chi connectivity index (χ3n) is 0.252. The second-order valence-electron chi connectivity index (χ2n) is 0.963. The van der Waals surface area contributed by atoms with Crippen molar-refractivity contribution in [3.05, 3.63) is 0 Å². The zero-order valence-electron chi connectivity index (χ0n) is 3.11. The third-order valence-corrected chi connectivity index (χ3v) is 1.62. The van der Waals surface area contributed by atoms with Crippen LogP contribution >= 0.6 is 28.6 Å². The van der Waals surface area contributed by atoms with Crippen molar-refractivity contribution in [3.8, 4) is 0 Å². The number of thiol groups is 1. The lowest BCUT2D eigenvalue weighted by Gasteiger charge is -1.87. The molecule has 0 aromatic rings. The minimum Gasteiger partial charge on any atom is -0.178 e. The van der Waals surface area contributed by atoms with Crippen molar-refractivity contribution in [1.29, 1.82) is 0 Å². The average molecular weight is 155 g/mol. The highest BCUT2D eigenvalue weighted by Gasteiger charge is 1.83. The van der Waals surface area contributed by atoms with Crippen LogP contribution in [-0.4, -0.2) is 10.6 Å². The molecule has 5 heavy (non-hydrogen) atoms. The van der Waals surface area contributed by atoms with Crippen LogP contribution < -0.4 is 0 Å². The van der Waals surface area contributed by atoms with Gasteiger partial charge in [0.05, 0.1) is 0 Å². The molecule has 0 amide bonds. The topological polar surface area (TPSA) is 0 Å². The molecule has 0 aromatic heterocycles. The van der Waals surface area contributed by atoms with Crippen LogP contribution in [0.25, 0.3) is 0 Å². The molecule has 0 heterocycles. The fourth-order valence-electron chi connectivity index (χ4n) is 0. The molecule has 0 nitrogen and oxygen atoms in total. The van der Waals surface area contributed by atoms with Crippen molar-refractivity contribution < 1.29 is 0 Å². The molecule has 0 aromatic carbocycles. The van der Waals surface area contributed by atoms with Gasteiger partial charge in [-0.1, -0.05) is 22.9 Å². The average Bonchev–Trinajstić information content (AvgIpc) is 1.38. The lowest BCUT2D eigenvalue weighted by atomic mass is 10.6. The smallest absolute Gasteiger partial charge is 0.0205 e. The molecule has 1 unspecified atom stereocenters. The Labute approximate surface area is 46.5 Å². The van der Waals surface area contributed by atoms with E-state index in [4.69, 9.17) is 0 Å². The number of hydrogen-bond donors (Lipinski definition) is 1. The van der Waals surface area contributed by atoms with Gasteiger partial charge in [-0.3, -0.25) is 0 Å². The second-order valence-corrected chi connectivity index (χ2v) is 2.89. The van der Waals surface area contributed by atoms with E-state index in [1.165, 1.54) is 0 Å². The Hall–Kier alpha value is 0.830. The summed E-state index contributed by atoms with van der Waals surface area (Å²) in [4.78, 5) is 0.561. The van der Waals surface area contributed by atoms with Crippen molar-refractivity contribution in [2.75, 3.05) is 5.75 Å². The van der Waals surface area contributed by atoms with E-state index >= 15 is 0 Å². The Balaban J connectivity index is 2.54. The minimum absolute atomic E-state index is 0.561. The van der Waals surface area contributed by atoms with Gasteiger partial charge in [-0.15, -0.1) is 0 Å². The largest absolute Gasteiger partial charge is 0.178 e. The van der Waals surface area contributed by atoms with Crippen LogP contribution in [0.5, 0.6) is 0 Å². The van der Waals surface area contributed by atoms with Crippen LogP contribution in [0.1, 0.15) is 6.92 Å². The summed E-state index contributed by atoms with van der Waals surface area (Å²) < 4.78 is 0. The van der Waals surface area contributed by atoms with E-state index in [-0.39, 0.29) is 0 Å². The van der Waals surface area contributed by atoms with E-state index in [0.717, 1.165) is 5.75 Å². The van der Waals surface area contributed by atoms with Crippen molar-refractivity contribution in [2.24, 2.45) is 0 Å². The summed E-state index contributed by atoms with van der Waals surface area (Å²) in [5.41, 5.74) is 0. The zero-order chi connectivity index (χ0) is 4.28. The van der Waals surface area contributed by atoms with Crippen molar-refractivity contribution in [3.63, 3.8) is 0 Å². The Morgan fingerprint density at radius 3 is 2.20 bits per heavy atom. The van der Waals surface area contributed by atoms with Gasteiger partial charge < -0.3 is 0 Å². The predicted octanol–water partition coefficient (Wildman–Crippen LogP) is 1.70. The van der Waals surface area contributed by atoms with E-state index < -0.39 is 0 Å². The summed E-state index contributed by atoms with van der Waals surface area (Å²) in [6.07, 6.45) is 0. The fraction of sp³-hybridized carbons (Fsp3) is 1.00. The zero-order valence-corrected chi connectivity index (χ0v) is 5.59. The van der Waals surface area contributed by atoms with Crippen molar-refractivity contribution in [2.45, 2.75) is 11.8 Å². The SMILES string of the molecule is CC(Br)CS. The summed E-state index contributed by atoms with van der Waals surface area (Å²) in [6, 6.07) is 0. The second kappa shape index (κ2) is 3.04. The molecule has 1 atom stereocenters. The first-order chi connectivity index (χ1) is 2.27. The third kappa shape index (κ3) is 4.83. The molecule has 2 heteroatoms. The Morgan fingerprint density at radius 1 is 2.00 bits per heavy atom. The molecule has 0 radical (unpaired) electrons. The van der Waals surface area contributed by atoms with Crippen molar-refractivity contribution in [1.82, 2.24) is 0 Å². The van der Waals surface area contributed by atoms with Gasteiger partial charge in [0, 0.05) is 10.6 Å². The number of hydrogen-bond acceptors (Lipinski definition) is 1. The molecule has 0 aliphatic rings. The summed E-state index contributed by atoms with van der Waals surface area (Å²) in [7, 11) is 0. The first-order valence-electron chi connectivity index (χ1n) is 1.52. The molecule has 0 spiro atoms. The molecule has 0 bridgehead atoms. The van der Waals surface area contributed by atoms with Gasteiger partial charge in [0.1, 0.15) is 0 Å². The minimum atomic E-state index is 0.561. The van der Waals surface area contributed by atoms with E-state index in [1.54, 1.807) is 0 Å². The normalized spacial score (nSPS) is 15.0. The van der Waals surface area contributed by atoms with Crippen LogP contribution in [0.15, 0.2) is 0 Å². The molecule has 0 aliphatic carbocycles. The maximum Gasteiger partial charge on any atom is 0.0205 e. The van der Waals surface area contributed by atoms with E-state index in [0.29, 0.717) is 4.83 Å². The lowest BCUT2D eigenvalue weighted by Crippen LogP contribution is -1.86. The molecule has 0 rings (SSSR count). The Kier molecular flexibility index (Phi) is 3.54. The Bertz CT molecular complexity index is 20.9. The highest BCUT2D eigenvalue weighted by Crippen LogP contribution is 1.96. The molecule has 32 valence electrons. The first-order valence-corrected chi connectivity index (χ1v) is 3.07. The quantitative estimate of drug-likeness (QED) is 0.432. The molecular formula is C3H7BrS. The molecule has 0 saturated heterocycles. The molecule has 0 fully saturated rings. The lowest BCUT2D eigenvalue weighted by molar-refractivity contribution is 1.16. The van der Waals surface area contributed by atoms with Gasteiger partial charge in [0.25, 0.3) is 0 Å². The monoisotopic (exact) mass is 154 g/mol. The van der Waals surface area contributed by atoms with Crippen LogP contribution in [0.3, 0.4) is 0 Å². The number of rotatable bonds is 1. The van der Waals surface area contributed by atoms with E-state index in [2.05, 4.69) is 35.5 Å². The van der Waals surface area contributed by atoms with Crippen LogP contribution in [0, 0.1) is 0 Å². The highest BCUT2D eigenvalue weighted by atomic mass is 79.9. The standard InChI is InChI=1S/C3H7BrS/c1-3(4)2-5/h3,5H,2H2,1H3. The summed E-state index contributed by atoms with van der Waals surface area (Å²) in [5.74, 6) is 0.917. The summed E-state index contributed by atoms with van der Waals surface area (Å²) in [5, 5.41) is 0. The van der Waals surface area contributed by atoms with Gasteiger partial charge in [0.2, 0.25) is 0 Å². The predicted molar refractivity (Wildman–Crippen MR) is 32.2 cm³/mol. The van der Waals surface area contributed by atoms with Crippen LogP contribution in [0.2, 0.25) is 0 Å². The van der Waals surface area contributed by atoms with Gasteiger partial charge in [-0.05, 0) is 0 Å². The molecule has 0 saturated carbocycles. The van der Waals surface area contributed by atoms with Crippen LogP contribution in [-0.2, 0) is 0 Å². The summed E-state index contributed by atoms with van der Waals surface area (Å²) in [6.45, 7) is 2.06. The molecule has 0 N–H and O–H groups in total. The van der Waals surface area contributed by atoms with Gasteiger partial charge >= 0.3 is 0 Å². The van der Waals surface area contributed by atoms with Gasteiger partial charge in [-0.2, -0.15) is 12.6 Å². The molecule has 0 aliphatic heterocycles. The molecular weight excluding hydrogens is 148 g/mol. The fourth-order valence-corrected chi connectivity index (χ4v) is 0. The summed E-state index contributed by atoms with van der Waals surface area (Å²) >= 11 is 7.27. The number of alkyl halides is 1. The number of halogens is 1. The van der Waals surface area contributed by atoms with Crippen molar-refractivity contribution >= 4 is 28.6 Å². The van der Waals surface area contributed by atoms with Gasteiger partial charge in [0.15, 0.2) is 0 Å². The first kappa shape index (κ1) is 5.83.